The Balaban J connectivity index is 2.93. The predicted octanol–water partition coefficient (Wildman–Crippen LogP) is 2.41. The largest absolute Gasteiger partial charge is 0.513 e. The smallest absolute Gasteiger partial charge is 0.0851 e. The molecule has 0 rings (SSSR count). The molecule has 0 atom stereocenters. The molecule has 0 radical (unpaired) electrons. The summed E-state index contributed by atoms with van der Waals surface area (Å²) in [5.74, 6) is 0.270. The predicted molar refractivity (Wildman–Crippen MR) is 35.8 cm³/mol. The molecule has 0 unspecified atom stereocenters. The number of hydrogen-bond donors (Lipinski definition) is 1. The summed E-state index contributed by atoms with van der Waals surface area (Å²) in [5, 5.41) is 8.55. The van der Waals surface area contributed by atoms with E-state index in [2.05, 4.69) is 13.2 Å². The van der Waals surface area contributed by atoms with E-state index in [9.17, 15) is 0 Å². The average Bonchev–Trinajstić information content (AvgIpc) is 1.66. The molecule has 0 aliphatic rings. The minimum Gasteiger partial charge on any atom is -0.513 e. The monoisotopic (exact) mass is 112 g/mol. The van der Waals surface area contributed by atoms with E-state index in [1.54, 1.807) is 0 Å². The van der Waals surface area contributed by atoms with E-state index in [4.69, 9.17) is 5.11 Å². The summed E-state index contributed by atoms with van der Waals surface area (Å²) in [6.45, 7) is 6.89. The molecule has 0 aromatic heterocycles. The van der Waals surface area contributed by atoms with Crippen molar-refractivity contribution in [1.29, 1.82) is 0 Å². The van der Waals surface area contributed by atoms with Crippen molar-refractivity contribution < 1.29 is 5.11 Å². The Morgan fingerprint density at radius 1 is 1.62 bits per heavy atom. The van der Waals surface area contributed by atoms with Crippen molar-refractivity contribution in [2.75, 3.05) is 0 Å². The van der Waals surface area contributed by atoms with Gasteiger partial charge in [0.15, 0.2) is 0 Å². The number of hydrogen-bond acceptors (Lipinski definition) is 1. The molecule has 0 aliphatic carbocycles. The van der Waals surface area contributed by atoms with E-state index in [-0.39, 0.29) is 5.76 Å². The van der Waals surface area contributed by atoms with Crippen LogP contribution in [0.2, 0.25) is 0 Å². The van der Waals surface area contributed by atoms with Gasteiger partial charge in [0.05, 0.1) is 5.76 Å². The van der Waals surface area contributed by atoms with Crippen LogP contribution >= 0.6 is 0 Å². The highest BCUT2D eigenvalue weighted by Crippen LogP contribution is 2.00. The van der Waals surface area contributed by atoms with Crippen LogP contribution in [0.15, 0.2) is 25.0 Å². The Kier molecular flexibility index (Phi) is 4.04. The van der Waals surface area contributed by atoms with Crippen LogP contribution in [0, 0.1) is 0 Å². The van der Waals surface area contributed by atoms with Gasteiger partial charge in [0.2, 0.25) is 0 Å². The molecule has 0 bridgehead atoms. The van der Waals surface area contributed by atoms with Crippen LogP contribution in [0.25, 0.3) is 0 Å². The first-order valence-electron chi connectivity index (χ1n) is 2.75. The fourth-order valence-corrected chi connectivity index (χ4v) is 0.450. The Morgan fingerprint density at radius 2 is 2.25 bits per heavy atom. The molecule has 0 heterocycles. The fourth-order valence-electron chi connectivity index (χ4n) is 0.450. The molecule has 0 aromatic rings. The van der Waals surface area contributed by atoms with Gasteiger partial charge in [-0.05, 0) is 12.8 Å². The summed E-state index contributed by atoms with van der Waals surface area (Å²) in [7, 11) is 0. The molecule has 8 heavy (non-hydrogen) atoms. The zero-order chi connectivity index (χ0) is 6.41. The van der Waals surface area contributed by atoms with Gasteiger partial charge in [0, 0.05) is 6.42 Å². The minimum atomic E-state index is 0.270. The van der Waals surface area contributed by atoms with Gasteiger partial charge >= 0.3 is 0 Å². The Hall–Kier alpha value is -0.720. The summed E-state index contributed by atoms with van der Waals surface area (Å²) in [6.07, 6.45) is 4.45. The standard InChI is InChI=1S/C7H12O/c1-3-4-5-6-7(2)8/h3,8H,1-2,4-6H2. The molecule has 0 spiro atoms. The van der Waals surface area contributed by atoms with Gasteiger partial charge in [-0.15, -0.1) is 6.58 Å². The first-order valence-corrected chi connectivity index (χ1v) is 2.75. The summed E-state index contributed by atoms with van der Waals surface area (Å²) in [5.41, 5.74) is 0. The van der Waals surface area contributed by atoms with Crippen LogP contribution in [0.4, 0.5) is 0 Å². The van der Waals surface area contributed by atoms with Crippen molar-refractivity contribution in [3.05, 3.63) is 25.0 Å². The highest BCUT2D eigenvalue weighted by molar-refractivity contribution is 4.79. The van der Waals surface area contributed by atoms with Gasteiger partial charge in [-0.3, -0.25) is 0 Å². The SMILES string of the molecule is C=CCCCC(=C)O. The van der Waals surface area contributed by atoms with Crippen molar-refractivity contribution >= 4 is 0 Å². The molecule has 0 fully saturated rings. The third kappa shape index (κ3) is 5.28. The van der Waals surface area contributed by atoms with Gasteiger partial charge in [-0.1, -0.05) is 12.7 Å². The quantitative estimate of drug-likeness (QED) is 0.336. The third-order valence-corrected chi connectivity index (χ3v) is 0.874. The van der Waals surface area contributed by atoms with Crippen LogP contribution in [0.3, 0.4) is 0 Å². The molecular weight excluding hydrogens is 100 g/mol. The van der Waals surface area contributed by atoms with Crippen LogP contribution in [-0.4, -0.2) is 5.11 Å². The van der Waals surface area contributed by atoms with E-state index in [0.717, 1.165) is 12.8 Å². The second kappa shape index (κ2) is 4.44. The molecule has 0 amide bonds. The van der Waals surface area contributed by atoms with Crippen molar-refractivity contribution in [3.63, 3.8) is 0 Å². The Labute approximate surface area is 50.3 Å². The van der Waals surface area contributed by atoms with Crippen molar-refractivity contribution in [3.8, 4) is 0 Å². The number of aliphatic hydroxyl groups excluding tert-OH is 1. The zero-order valence-electron chi connectivity index (χ0n) is 5.06. The number of unbranched alkanes of at least 4 members (excludes halogenated alkanes) is 1. The molecule has 1 heteroatoms. The highest BCUT2D eigenvalue weighted by atomic mass is 16.3. The summed E-state index contributed by atoms with van der Waals surface area (Å²) in [4.78, 5) is 0. The second-order valence-electron chi connectivity index (χ2n) is 1.75. The molecular formula is C7H12O. The second-order valence-corrected chi connectivity index (χ2v) is 1.75. The first kappa shape index (κ1) is 7.28. The topological polar surface area (TPSA) is 20.2 Å². The number of aliphatic hydroxyl groups is 1. The van der Waals surface area contributed by atoms with Crippen LogP contribution < -0.4 is 0 Å². The lowest BCUT2D eigenvalue weighted by molar-refractivity contribution is 0.387. The summed E-state index contributed by atoms with van der Waals surface area (Å²) in [6, 6.07) is 0. The minimum absolute atomic E-state index is 0.270. The lowest BCUT2D eigenvalue weighted by Crippen LogP contribution is -1.76. The first-order chi connectivity index (χ1) is 3.77. The Morgan fingerprint density at radius 3 is 2.62 bits per heavy atom. The van der Waals surface area contributed by atoms with Gasteiger partial charge < -0.3 is 5.11 Å². The third-order valence-electron chi connectivity index (χ3n) is 0.874. The van der Waals surface area contributed by atoms with Gasteiger partial charge in [0.25, 0.3) is 0 Å². The van der Waals surface area contributed by atoms with Gasteiger partial charge in [-0.25, -0.2) is 0 Å². The molecule has 1 N–H and O–H groups in total. The average molecular weight is 112 g/mol. The zero-order valence-corrected chi connectivity index (χ0v) is 5.06. The van der Waals surface area contributed by atoms with Crippen molar-refractivity contribution in [2.24, 2.45) is 0 Å². The van der Waals surface area contributed by atoms with Crippen LogP contribution in [0.5, 0.6) is 0 Å². The molecule has 0 aliphatic heterocycles. The van der Waals surface area contributed by atoms with Gasteiger partial charge in [0.1, 0.15) is 0 Å². The maximum absolute atomic E-state index is 8.55. The summed E-state index contributed by atoms with van der Waals surface area (Å²) < 4.78 is 0. The normalized spacial score (nSPS) is 8.50. The molecule has 46 valence electrons. The Bertz CT molecular complexity index is 84.4. The lowest BCUT2D eigenvalue weighted by Gasteiger charge is -1.92. The summed E-state index contributed by atoms with van der Waals surface area (Å²) >= 11 is 0. The number of allylic oxidation sites excluding steroid dienone is 2. The van der Waals surface area contributed by atoms with Gasteiger partial charge in [-0.2, -0.15) is 0 Å². The van der Waals surface area contributed by atoms with Crippen LogP contribution in [0.1, 0.15) is 19.3 Å². The van der Waals surface area contributed by atoms with E-state index in [1.165, 1.54) is 0 Å². The molecule has 0 saturated carbocycles. The molecule has 0 aromatic carbocycles. The fraction of sp³-hybridized carbons (Fsp3) is 0.429. The van der Waals surface area contributed by atoms with E-state index < -0.39 is 0 Å². The van der Waals surface area contributed by atoms with Crippen LogP contribution in [-0.2, 0) is 0 Å². The lowest BCUT2D eigenvalue weighted by atomic mass is 10.2. The van der Waals surface area contributed by atoms with E-state index in [0.29, 0.717) is 6.42 Å². The maximum atomic E-state index is 8.55. The molecule has 0 saturated heterocycles. The van der Waals surface area contributed by atoms with Crippen molar-refractivity contribution in [1.82, 2.24) is 0 Å². The van der Waals surface area contributed by atoms with E-state index in [1.807, 2.05) is 6.08 Å². The maximum Gasteiger partial charge on any atom is 0.0851 e. The van der Waals surface area contributed by atoms with E-state index >= 15 is 0 Å². The van der Waals surface area contributed by atoms with Crippen molar-refractivity contribution in [2.45, 2.75) is 19.3 Å². The molecule has 1 nitrogen and oxygen atoms in total. The number of rotatable bonds is 4. The highest BCUT2D eigenvalue weighted by Gasteiger charge is 1.85.